The fraction of sp³-hybridized carbons (Fsp3) is 1.00. The van der Waals surface area contributed by atoms with Crippen molar-refractivity contribution in [2.45, 2.75) is 38.3 Å². The first-order valence-electron chi connectivity index (χ1n) is 3.88. The third-order valence-electron chi connectivity index (χ3n) is 2.01. The number of rotatable bonds is 2. The van der Waals surface area contributed by atoms with Gasteiger partial charge in [-0.1, -0.05) is 6.92 Å². The Kier molecular flexibility index (Phi) is 3.12. The lowest BCUT2D eigenvalue weighted by atomic mass is 10.0. The summed E-state index contributed by atoms with van der Waals surface area (Å²) in [6.07, 6.45) is 3.25. The van der Waals surface area contributed by atoms with Crippen molar-refractivity contribution in [3.8, 4) is 0 Å². The van der Waals surface area contributed by atoms with Gasteiger partial charge in [-0.05, 0) is 19.3 Å². The summed E-state index contributed by atoms with van der Waals surface area (Å²) in [7, 11) is 0. The summed E-state index contributed by atoms with van der Waals surface area (Å²) in [6, 6.07) is 0.249. The van der Waals surface area contributed by atoms with E-state index in [9.17, 15) is 0 Å². The van der Waals surface area contributed by atoms with Crippen LogP contribution in [0.2, 0.25) is 0 Å². The Morgan fingerprint density at radius 2 is 2.50 bits per heavy atom. The van der Waals surface area contributed by atoms with E-state index in [2.05, 4.69) is 12.4 Å². The first kappa shape index (κ1) is 7.98. The highest BCUT2D eigenvalue weighted by molar-refractivity contribution is 4.72. The summed E-state index contributed by atoms with van der Waals surface area (Å²) in [5.74, 6) is 0. The minimum absolute atomic E-state index is 0.249. The standard InChI is InChI=1S/C7H15NO2/c1-2-7-5-6(8-9)3-4-10-7/h6-9H,2-5H2,1H3. The molecule has 2 unspecified atom stereocenters. The summed E-state index contributed by atoms with van der Waals surface area (Å²) in [6.45, 7) is 2.88. The van der Waals surface area contributed by atoms with Crippen molar-refractivity contribution >= 4 is 0 Å². The molecule has 1 aliphatic heterocycles. The summed E-state index contributed by atoms with van der Waals surface area (Å²) in [5, 5.41) is 8.60. The van der Waals surface area contributed by atoms with E-state index in [-0.39, 0.29) is 6.04 Å². The SMILES string of the molecule is CCC1CC(NO)CCO1. The van der Waals surface area contributed by atoms with E-state index in [1.54, 1.807) is 0 Å². The second kappa shape index (κ2) is 3.91. The number of hydrogen-bond acceptors (Lipinski definition) is 3. The molecule has 0 saturated carbocycles. The van der Waals surface area contributed by atoms with Crippen LogP contribution in [-0.2, 0) is 4.74 Å². The molecule has 0 spiro atoms. The molecule has 0 aliphatic carbocycles. The molecule has 0 aromatic heterocycles. The lowest BCUT2D eigenvalue weighted by Crippen LogP contribution is -2.36. The zero-order valence-corrected chi connectivity index (χ0v) is 6.34. The molecule has 2 atom stereocenters. The molecule has 1 saturated heterocycles. The van der Waals surface area contributed by atoms with Crippen molar-refractivity contribution in [3.05, 3.63) is 0 Å². The van der Waals surface area contributed by atoms with Crippen LogP contribution in [0, 0.1) is 0 Å². The summed E-state index contributed by atoms with van der Waals surface area (Å²) < 4.78 is 5.41. The molecule has 0 aromatic rings. The van der Waals surface area contributed by atoms with Crippen LogP contribution in [0.15, 0.2) is 0 Å². The Balaban J connectivity index is 2.25. The molecule has 1 fully saturated rings. The Hall–Kier alpha value is -0.120. The van der Waals surface area contributed by atoms with Gasteiger partial charge in [0.15, 0.2) is 0 Å². The van der Waals surface area contributed by atoms with Crippen LogP contribution in [0.1, 0.15) is 26.2 Å². The molecule has 10 heavy (non-hydrogen) atoms. The van der Waals surface area contributed by atoms with E-state index in [1.165, 1.54) is 0 Å². The van der Waals surface area contributed by atoms with Gasteiger partial charge >= 0.3 is 0 Å². The van der Waals surface area contributed by atoms with Crippen LogP contribution in [0.3, 0.4) is 0 Å². The lowest BCUT2D eigenvalue weighted by Gasteiger charge is -2.27. The van der Waals surface area contributed by atoms with Crippen LogP contribution >= 0.6 is 0 Å². The van der Waals surface area contributed by atoms with Crippen molar-refractivity contribution in [2.75, 3.05) is 6.61 Å². The van der Waals surface area contributed by atoms with Gasteiger partial charge in [-0.15, -0.1) is 0 Å². The van der Waals surface area contributed by atoms with Gasteiger partial charge in [0.05, 0.1) is 6.10 Å². The van der Waals surface area contributed by atoms with E-state index >= 15 is 0 Å². The van der Waals surface area contributed by atoms with Gasteiger partial charge < -0.3 is 9.94 Å². The Morgan fingerprint density at radius 3 is 3.10 bits per heavy atom. The monoisotopic (exact) mass is 145 g/mol. The third-order valence-corrected chi connectivity index (χ3v) is 2.01. The number of ether oxygens (including phenoxy) is 1. The highest BCUT2D eigenvalue weighted by Crippen LogP contribution is 2.15. The van der Waals surface area contributed by atoms with Gasteiger partial charge in [-0.25, -0.2) is 5.48 Å². The number of nitrogens with one attached hydrogen (secondary N) is 1. The van der Waals surface area contributed by atoms with Gasteiger partial charge in [0.2, 0.25) is 0 Å². The van der Waals surface area contributed by atoms with Crippen molar-refractivity contribution in [1.29, 1.82) is 0 Å². The zero-order chi connectivity index (χ0) is 7.40. The second-order valence-electron chi connectivity index (χ2n) is 2.75. The Bertz CT molecular complexity index is 87.6. The molecule has 2 N–H and O–H groups in total. The molecule has 1 rings (SSSR count). The average molecular weight is 145 g/mol. The third kappa shape index (κ3) is 1.94. The molecule has 3 heteroatoms. The minimum Gasteiger partial charge on any atom is -0.378 e. The summed E-state index contributed by atoms with van der Waals surface area (Å²) in [4.78, 5) is 0. The second-order valence-corrected chi connectivity index (χ2v) is 2.75. The van der Waals surface area contributed by atoms with Crippen molar-refractivity contribution < 1.29 is 9.94 Å². The Labute approximate surface area is 61.3 Å². The quantitative estimate of drug-likeness (QED) is 0.568. The molecule has 0 amide bonds. The van der Waals surface area contributed by atoms with E-state index in [0.29, 0.717) is 6.10 Å². The predicted octanol–water partition coefficient (Wildman–Crippen LogP) is 0.923. The highest BCUT2D eigenvalue weighted by Gasteiger charge is 2.19. The number of hydrogen-bond donors (Lipinski definition) is 2. The van der Waals surface area contributed by atoms with E-state index in [0.717, 1.165) is 25.9 Å². The lowest BCUT2D eigenvalue weighted by molar-refractivity contribution is -0.0266. The largest absolute Gasteiger partial charge is 0.378 e. The number of hydroxylamine groups is 1. The van der Waals surface area contributed by atoms with Gasteiger partial charge in [0.1, 0.15) is 0 Å². The van der Waals surface area contributed by atoms with Gasteiger partial charge in [0.25, 0.3) is 0 Å². The van der Waals surface area contributed by atoms with E-state index in [1.807, 2.05) is 0 Å². The smallest absolute Gasteiger partial charge is 0.0588 e. The van der Waals surface area contributed by atoms with Crippen molar-refractivity contribution in [2.24, 2.45) is 0 Å². The van der Waals surface area contributed by atoms with E-state index in [4.69, 9.17) is 9.94 Å². The average Bonchev–Trinajstić information content (AvgIpc) is 2.05. The van der Waals surface area contributed by atoms with Crippen molar-refractivity contribution in [1.82, 2.24) is 5.48 Å². The van der Waals surface area contributed by atoms with Crippen molar-refractivity contribution in [3.63, 3.8) is 0 Å². The zero-order valence-electron chi connectivity index (χ0n) is 6.34. The van der Waals surface area contributed by atoms with Crippen LogP contribution in [0.25, 0.3) is 0 Å². The molecule has 0 radical (unpaired) electrons. The molecule has 1 heterocycles. The van der Waals surface area contributed by atoms with Crippen LogP contribution in [-0.4, -0.2) is 24.0 Å². The molecular formula is C7H15NO2. The fourth-order valence-corrected chi connectivity index (χ4v) is 1.28. The maximum Gasteiger partial charge on any atom is 0.0588 e. The van der Waals surface area contributed by atoms with Crippen LogP contribution in [0.4, 0.5) is 0 Å². The highest BCUT2D eigenvalue weighted by atomic mass is 16.5. The molecule has 0 aromatic carbocycles. The fourth-order valence-electron chi connectivity index (χ4n) is 1.28. The molecule has 60 valence electrons. The molecule has 1 aliphatic rings. The van der Waals surface area contributed by atoms with Crippen LogP contribution in [0.5, 0.6) is 0 Å². The normalized spacial score (nSPS) is 34.2. The van der Waals surface area contributed by atoms with Crippen LogP contribution < -0.4 is 5.48 Å². The van der Waals surface area contributed by atoms with Gasteiger partial charge in [-0.2, -0.15) is 0 Å². The minimum atomic E-state index is 0.249. The Morgan fingerprint density at radius 1 is 1.70 bits per heavy atom. The van der Waals surface area contributed by atoms with Gasteiger partial charge in [-0.3, -0.25) is 0 Å². The topological polar surface area (TPSA) is 41.5 Å². The maximum atomic E-state index is 8.60. The molecular weight excluding hydrogens is 130 g/mol. The summed E-state index contributed by atoms with van der Waals surface area (Å²) in [5.41, 5.74) is 2.29. The maximum absolute atomic E-state index is 8.60. The first-order valence-corrected chi connectivity index (χ1v) is 3.88. The molecule has 3 nitrogen and oxygen atoms in total. The predicted molar refractivity (Wildman–Crippen MR) is 38.0 cm³/mol. The first-order chi connectivity index (χ1) is 4.86. The van der Waals surface area contributed by atoms with Gasteiger partial charge in [0, 0.05) is 12.6 Å². The molecule has 0 bridgehead atoms. The summed E-state index contributed by atoms with van der Waals surface area (Å²) >= 11 is 0. The van der Waals surface area contributed by atoms with E-state index < -0.39 is 0 Å².